The number of fused-ring (bicyclic) bond motifs is 1. The summed E-state index contributed by atoms with van der Waals surface area (Å²) in [4.78, 5) is 22.4. The Bertz CT molecular complexity index is 993. The van der Waals surface area contributed by atoms with Crippen LogP contribution in [-0.4, -0.2) is 23.7 Å². The monoisotopic (exact) mass is 353 g/mol. The number of ether oxygens (including phenoxy) is 1. The molecule has 0 saturated carbocycles. The molecule has 0 aliphatic heterocycles. The molecule has 0 aliphatic carbocycles. The number of amides is 1. The number of hydrogen-bond donors (Lipinski definition) is 1. The SMILES string of the molecule is CCOc1ccc2oc(C(=O)N/N=C/c3cccc([N+](=O)[O-])c3)cc2c1. The number of hydrogen-bond acceptors (Lipinski definition) is 6. The molecular formula is C18H15N3O5. The van der Waals surface area contributed by atoms with Gasteiger partial charge in [-0.25, -0.2) is 5.43 Å². The Morgan fingerprint density at radius 1 is 1.31 bits per heavy atom. The molecule has 0 saturated heterocycles. The molecule has 0 bridgehead atoms. The van der Waals surface area contributed by atoms with E-state index in [1.807, 2.05) is 6.92 Å². The predicted molar refractivity (Wildman–Crippen MR) is 95.5 cm³/mol. The van der Waals surface area contributed by atoms with Gasteiger partial charge in [0.2, 0.25) is 0 Å². The Hall–Kier alpha value is -3.68. The normalized spacial score (nSPS) is 11.0. The van der Waals surface area contributed by atoms with E-state index >= 15 is 0 Å². The van der Waals surface area contributed by atoms with Gasteiger partial charge in [-0.05, 0) is 31.2 Å². The van der Waals surface area contributed by atoms with Gasteiger partial charge in [-0.15, -0.1) is 0 Å². The van der Waals surface area contributed by atoms with Crippen molar-refractivity contribution in [3.05, 3.63) is 70.0 Å². The largest absolute Gasteiger partial charge is 0.494 e. The number of furan rings is 1. The van der Waals surface area contributed by atoms with Crippen molar-refractivity contribution >= 4 is 28.8 Å². The van der Waals surface area contributed by atoms with E-state index in [4.69, 9.17) is 9.15 Å². The van der Waals surface area contributed by atoms with Gasteiger partial charge in [-0.1, -0.05) is 12.1 Å². The van der Waals surface area contributed by atoms with Gasteiger partial charge >= 0.3 is 5.91 Å². The van der Waals surface area contributed by atoms with Crippen LogP contribution in [0, 0.1) is 10.1 Å². The van der Waals surface area contributed by atoms with Crippen LogP contribution in [0.15, 0.2) is 58.0 Å². The number of nitro groups is 1. The van der Waals surface area contributed by atoms with Crippen LogP contribution in [0.3, 0.4) is 0 Å². The summed E-state index contributed by atoms with van der Waals surface area (Å²) < 4.78 is 10.9. The number of non-ortho nitro benzene ring substituents is 1. The van der Waals surface area contributed by atoms with Crippen molar-refractivity contribution in [2.24, 2.45) is 5.10 Å². The number of nitrogens with zero attached hydrogens (tertiary/aromatic N) is 2. The first-order chi connectivity index (χ1) is 12.6. The zero-order valence-electron chi connectivity index (χ0n) is 13.8. The van der Waals surface area contributed by atoms with E-state index in [0.29, 0.717) is 23.5 Å². The van der Waals surface area contributed by atoms with E-state index in [2.05, 4.69) is 10.5 Å². The fourth-order valence-electron chi connectivity index (χ4n) is 2.33. The summed E-state index contributed by atoms with van der Waals surface area (Å²) in [5, 5.41) is 15.3. The predicted octanol–water partition coefficient (Wildman–Crippen LogP) is 3.50. The average molecular weight is 353 g/mol. The number of nitrogens with one attached hydrogen (secondary N) is 1. The van der Waals surface area contributed by atoms with Crippen LogP contribution in [-0.2, 0) is 0 Å². The van der Waals surface area contributed by atoms with Crippen LogP contribution < -0.4 is 10.2 Å². The van der Waals surface area contributed by atoms with Crippen molar-refractivity contribution in [3.8, 4) is 5.75 Å². The number of carbonyl (C=O) groups excluding carboxylic acids is 1. The third-order valence-corrected chi connectivity index (χ3v) is 3.48. The number of hydrazone groups is 1. The molecule has 0 fully saturated rings. The zero-order chi connectivity index (χ0) is 18.5. The maximum Gasteiger partial charge on any atom is 0.307 e. The van der Waals surface area contributed by atoms with Crippen LogP contribution in [0.25, 0.3) is 11.0 Å². The fourth-order valence-corrected chi connectivity index (χ4v) is 2.33. The van der Waals surface area contributed by atoms with E-state index in [0.717, 1.165) is 5.39 Å². The minimum Gasteiger partial charge on any atom is -0.494 e. The van der Waals surface area contributed by atoms with Crippen molar-refractivity contribution in [3.63, 3.8) is 0 Å². The molecule has 26 heavy (non-hydrogen) atoms. The van der Waals surface area contributed by atoms with Crippen LogP contribution >= 0.6 is 0 Å². The first-order valence-electron chi connectivity index (χ1n) is 7.81. The summed E-state index contributed by atoms with van der Waals surface area (Å²) in [5.74, 6) is 0.266. The molecule has 1 amide bonds. The topological polar surface area (TPSA) is 107 Å². The first kappa shape index (κ1) is 17.2. The van der Waals surface area contributed by atoms with Gasteiger partial charge in [-0.2, -0.15) is 5.10 Å². The standard InChI is InChI=1S/C18H15N3O5/c1-2-25-15-6-7-16-13(9-15)10-17(26-16)18(22)20-19-11-12-4-3-5-14(8-12)21(23)24/h3-11H,2H2,1H3,(H,20,22)/b19-11+. The molecule has 1 aromatic heterocycles. The van der Waals surface area contributed by atoms with Crippen molar-refractivity contribution in [1.29, 1.82) is 0 Å². The highest BCUT2D eigenvalue weighted by atomic mass is 16.6. The van der Waals surface area contributed by atoms with E-state index in [1.54, 1.807) is 30.3 Å². The van der Waals surface area contributed by atoms with Crippen molar-refractivity contribution < 1.29 is 18.9 Å². The van der Waals surface area contributed by atoms with E-state index in [-0.39, 0.29) is 11.4 Å². The van der Waals surface area contributed by atoms with Crippen molar-refractivity contribution in [1.82, 2.24) is 5.43 Å². The number of carbonyl (C=O) groups is 1. The third-order valence-electron chi connectivity index (χ3n) is 3.48. The highest BCUT2D eigenvalue weighted by Crippen LogP contribution is 2.24. The zero-order valence-corrected chi connectivity index (χ0v) is 13.8. The average Bonchev–Trinajstić information content (AvgIpc) is 3.05. The maximum atomic E-state index is 12.1. The van der Waals surface area contributed by atoms with Crippen LogP contribution in [0.2, 0.25) is 0 Å². The number of benzene rings is 2. The maximum absolute atomic E-state index is 12.1. The molecule has 2 aromatic carbocycles. The molecule has 132 valence electrons. The smallest absolute Gasteiger partial charge is 0.307 e. The molecule has 1 heterocycles. The number of rotatable bonds is 6. The Labute approximate surface area is 148 Å². The van der Waals surface area contributed by atoms with E-state index in [1.165, 1.54) is 24.4 Å². The van der Waals surface area contributed by atoms with Crippen LogP contribution in [0.5, 0.6) is 5.75 Å². The summed E-state index contributed by atoms with van der Waals surface area (Å²) in [5.41, 5.74) is 3.33. The minimum absolute atomic E-state index is 0.0531. The van der Waals surface area contributed by atoms with Gasteiger partial charge in [0.1, 0.15) is 11.3 Å². The lowest BCUT2D eigenvalue weighted by Crippen LogP contribution is -2.16. The lowest BCUT2D eigenvalue weighted by Gasteiger charge is -2.00. The second-order valence-electron chi connectivity index (χ2n) is 5.29. The molecule has 3 rings (SSSR count). The Morgan fingerprint density at radius 3 is 2.92 bits per heavy atom. The van der Waals surface area contributed by atoms with Gasteiger partial charge in [-0.3, -0.25) is 14.9 Å². The summed E-state index contributed by atoms with van der Waals surface area (Å²) in [7, 11) is 0. The molecule has 0 unspecified atom stereocenters. The van der Waals surface area contributed by atoms with E-state index in [9.17, 15) is 14.9 Å². The van der Waals surface area contributed by atoms with Gasteiger partial charge in [0.05, 0.1) is 17.7 Å². The fraction of sp³-hybridized carbons (Fsp3) is 0.111. The molecule has 1 N–H and O–H groups in total. The second-order valence-corrected chi connectivity index (χ2v) is 5.29. The molecule has 0 radical (unpaired) electrons. The van der Waals surface area contributed by atoms with Crippen molar-refractivity contribution in [2.45, 2.75) is 6.92 Å². The molecule has 8 heteroatoms. The molecule has 0 spiro atoms. The van der Waals surface area contributed by atoms with Crippen LogP contribution in [0.4, 0.5) is 5.69 Å². The highest BCUT2D eigenvalue weighted by molar-refractivity contribution is 5.96. The quantitative estimate of drug-likeness (QED) is 0.414. The van der Waals surface area contributed by atoms with Crippen LogP contribution in [0.1, 0.15) is 23.0 Å². The van der Waals surface area contributed by atoms with Gasteiger partial charge in [0.25, 0.3) is 5.69 Å². The third kappa shape index (κ3) is 3.86. The summed E-state index contributed by atoms with van der Waals surface area (Å²) >= 11 is 0. The Kier molecular flexibility index (Phi) is 4.93. The number of nitro benzene ring substituents is 1. The first-order valence-corrected chi connectivity index (χ1v) is 7.81. The Balaban J connectivity index is 1.70. The lowest BCUT2D eigenvalue weighted by molar-refractivity contribution is -0.384. The molecular weight excluding hydrogens is 338 g/mol. The molecule has 0 atom stereocenters. The lowest BCUT2D eigenvalue weighted by atomic mass is 10.2. The van der Waals surface area contributed by atoms with Gasteiger partial charge < -0.3 is 9.15 Å². The van der Waals surface area contributed by atoms with E-state index < -0.39 is 10.8 Å². The summed E-state index contributed by atoms with van der Waals surface area (Å²) in [6.07, 6.45) is 1.32. The molecule has 8 nitrogen and oxygen atoms in total. The van der Waals surface area contributed by atoms with Gasteiger partial charge in [0, 0.05) is 23.1 Å². The summed E-state index contributed by atoms with van der Waals surface area (Å²) in [6, 6.07) is 12.8. The molecule has 0 aliphatic rings. The molecule has 3 aromatic rings. The minimum atomic E-state index is -0.527. The van der Waals surface area contributed by atoms with Crippen molar-refractivity contribution in [2.75, 3.05) is 6.61 Å². The Morgan fingerprint density at radius 2 is 2.15 bits per heavy atom. The highest BCUT2D eigenvalue weighted by Gasteiger charge is 2.12. The summed E-state index contributed by atoms with van der Waals surface area (Å²) in [6.45, 7) is 2.43. The second kappa shape index (κ2) is 7.47. The van der Waals surface area contributed by atoms with Gasteiger partial charge in [0.15, 0.2) is 5.76 Å².